The smallest absolute Gasteiger partial charge is 0.417 e. The molecule has 1 aliphatic rings. The number of imide groups is 1. The first-order valence-corrected chi connectivity index (χ1v) is 12.5. The van der Waals surface area contributed by atoms with E-state index in [4.69, 9.17) is 18.6 Å². The van der Waals surface area contributed by atoms with E-state index in [2.05, 4.69) is 0 Å². The molecule has 0 N–H and O–H groups in total. The van der Waals surface area contributed by atoms with E-state index in [0.717, 1.165) is 10.5 Å². The fourth-order valence-corrected chi connectivity index (χ4v) is 4.52. The summed E-state index contributed by atoms with van der Waals surface area (Å²) in [7, 11) is 1.51. The SMILES string of the molecule is COCCN1C(=O)c2oc3ccccc3c2OCC1(C)C(=O)N(C(=O)OC(C)(C)C)[C@@H](C)c1ccccc1. The van der Waals surface area contributed by atoms with Crippen LogP contribution in [0.15, 0.2) is 59.0 Å². The van der Waals surface area contributed by atoms with E-state index < -0.39 is 35.1 Å². The number of amides is 3. The molecule has 0 saturated carbocycles. The molecular weight excluding hydrogens is 488 g/mol. The molecule has 0 spiro atoms. The Hall–Kier alpha value is -3.85. The number of methoxy groups -OCH3 is 1. The topological polar surface area (TPSA) is 98.5 Å². The van der Waals surface area contributed by atoms with Crippen molar-refractivity contribution in [3.05, 3.63) is 65.9 Å². The molecule has 2 aromatic carbocycles. The van der Waals surface area contributed by atoms with Crippen LogP contribution in [0.5, 0.6) is 5.75 Å². The molecule has 2 heterocycles. The molecule has 1 unspecified atom stereocenters. The maximum absolute atomic E-state index is 14.5. The summed E-state index contributed by atoms with van der Waals surface area (Å²) in [4.78, 5) is 44.3. The van der Waals surface area contributed by atoms with Crippen molar-refractivity contribution in [3.63, 3.8) is 0 Å². The lowest BCUT2D eigenvalue weighted by atomic mass is 9.96. The average molecular weight is 523 g/mol. The Kier molecular flexibility index (Phi) is 7.51. The van der Waals surface area contributed by atoms with Gasteiger partial charge in [0.25, 0.3) is 11.8 Å². The van der Waals surface area contributed by atoms with Crippen LogP contribution in [0, 0.1) is 0 Å². The number of rotatable bonds is 6. The number of hydrogen-bond donors (Lipinski definition) is 0. The first-order chi connectivity index (χ1) is 18.0. The summed E-state index contributed by atoms with van der Waals surface area (Å²) < 4.78 is 22.9. The van der Waals surface area contributed by atoms with Crippen LogP contribution in [0.25, 0.3) is 11.0 Å². The normalized spacial score (nSPS) is 18.4. The van der Waals surface area contributed by atoms with E-state index >= 15 is 0 Å². The number of hydrogen-bond acceptors (Lipinski definition) is 7. The molecular formula is C29H34N2O7. The first kappa shape index (κ1) is 27.2. The van der Waals surface area contributed by atoms with Crippen LogP contribution < -0.4 is 4.74 Å². The fraction of sp³-hybridized carbons (Fsp3) is 0.414. The summed E-state index contributed by atoms with van der Waals surface area (Å²) in [6.07, 6.45) is -0.814. The van der Waals surface area contributed by atoms with Crippen molar-refractivity contribution in [2.75, 3.05) is 26.9 Å². The Morgan fingerprint density at radius 3 is 2.42 bits per heavy atom. The highest BCUT2D eigenvalue weighted by Crippen LogP contribution is 2.39. The lowest BCUT2D eigenvalue weighted by Gasteiger charge is -2.41. The second-order valence-electron chi connectivity index (χ2n) is 10.5. The summed E-state index contributed by atoms with van der Waals surface area (Å²) in [6.45, 7) is 8.55. The molecule has 0 saturated heterocycles. The highest BCUT2D eigenvalue weighted by atomic mass is 16.6. The number of fused-ring (bicyclic) bond motifs is 3. The van der Waals surface area contributed by atoms with Gasteiger partial charge in [-0.3, -0.25) is 9.59 Å². The van der Waals surface area contributed by atoms with Crippen LogP contribution in [0.3, 0.4) is 0 Å². The van der Waals surface area contributed by atoms with Gasteiger partial charge in [0.1, 0.15) is 17.8 Å². The maximum atomic E-state index is 14.5. The highest BCUT2D eigenvalue weighted by Gasteiger charge is 2.52. The van der Waals surface area contributed by atoms with Gasteiger partial charge in [-0.2, -0.15) is 0 Å². The Morgan fingerprint density at radius 1 is 1.11 bits per heavy atom. The van der Waals surface area contributed by atoms with Crippen LogP contribution in [0.2, 0.25) is 0 Å². The van der Waals surface area contributed by atoms with E-state index in [1.54, 1.807) is 52.8 Å². The third-order valence-electron chi connectivity index (χ3n) is 6.54. The van der Waals surface area contributed by atoms with Crippen molar-refractivity contribution in [3.8, 4) is 5.75 Å². The van der Waals surface area contributed by atoms with Gasteiger partial charge in [-0.1, -0.05) is 42.5 Å². The number of nitrogens with zero attached hydrogens (tertiary/aromatic N) is 2. The van der Waals surface area contributed by atoms with Gasteiger partial charge < -0.3 is 23.5 Å². The number of carbonyl (C=O) groups excluding carboxylic acids is 3. The van der Waals surface area contributed by atoms with Crippen LogP contribution in [-0.4, -0.2) is 65.7 Å². The maximum Gasteiger partial charge on any atom is 0.417 e. The quantitative estimate of drug-likeness (QED) is 0.439. The van der Waals surface area contributed by atoms with E-state index in [1.165, 1.54) is 12.0 Å². The molecule has 1 aromatic heterocycles. The Bertz CT molecular complexity index is 1330. The third-order valence-corrected chi connectivity index (χ3v) is 6.54. The molecule has 1 aliphatic heterocycles. The third kappa shape index (κ3) is 5.11. The number of furan rings is 1. The van der Waals surface area contributed by atoms with Crippen molar-refractivity contribution < 1.29 is 33.0 Å². The number of ether oxygens (including phenoxy) is 3. The van der Waals surface area contributed by atoms with Gasteiger partial charge >= 0.3 is 6.09 Å². The van der Waals surface area contributed by atoms with E-state index in [-0.39, 0.29) is 31.3 Å². The molecule has 9 heteroatoms. The Balaban J connectivity index is 1.80. The zero-order chi connectivity index (χ0) is 27.7. The first-order valence-electron chi connectivity index (χ1n) is 12.5. The van der Waals surface area contributed by atoms with Gasteiger partial charge in [-0.15, -0.1) is 0 Å². The summed E-state index contributed by atoms with van der Waals surface area (Å²) in [6, 6.07) is 15.6. The van der Waals surface area contributed by atoms with Crippen molar-refractivity contribution >= 4 is 28.9 Å². The van der Waals surface area contributed by atoms with Gasteiger partial charge in [0.2, 0.25) is 5.76 Å². The summed E-state index contributed by atoms with van der Waals surface area (Å²) in [5, 5.41) is 0.626. The Labute approximate surface area is 222 Å². The van der Waals surface area contributed by atoms with Crippen molar-refractivity contribution in [2.45, 2.75) is 51.8 Å². The molecule has 0 aliphatic carbocycles. The predicted octanol–water partition coefficient (Wildman–Crippen LogP) is 5.20. The lowest BCUT2D eigenvalue weighted by Crippen LogP contribution is -2.64. The molecule has 0 fully saturated rings. The average Bonchev–Trinajstić information content (AvgIpc) is 3.21. The Morgan fingerprint density at radius 2 is 1.76 bits per heavy atom. The van der Waals surface area contributed by atoms with Gasteiger partial charge in [0.15, 0.2) is 11.3 Å². The van der Waals surface area contributed by atoms with Gasteiger partial charge in [0.05, 0.1) is 18.0 Å². The number of carbonyl (C=O) groups is 3. The van der Waals surface area contributed by atoms with E-state index in [0.29, 0.717) is 11.0 Å². The zero-order valence-corrected chi connectivity index (χ0v) is 22.6. The minimum Gasteiger partial charge on any atom is -0.486 e. The summed E-state index contributed by atoms with van der Waals surface area (Å²) in [5.74, 6) is -0.900. The molecule has 3 amide bonds. The summed E-state index contributed by atoms with van der Waals surface area (Å²) in [5.41, 5.74) is -1.20. The van der Waals surface area contributed by atoms with E-state index in [1.807, 2.05) is 36.4 Å². The standard InChI is InChI=1S/C29H34N2O7/c1-19(20-12-8-7-9-13-20)31(27(34)38-28(2,3)4)26(33)29(5)18-36-23-21-14-10-11-15-22(21)37-24(23)25(32)30(29)16-17-35-6/h7-15,19H,16-18H2,1-6H3/t19-,29?/m0/s1. The van der Waals surface area contributed by atoms with Crippen molar-refractivity contribution in [2.24, 2.45) is 0 Å². The monoisotopic (exact) mass is 522 g/mol. The van der Waals surface area contributed by atoms with E-state index in [9.17, 15) is 14.4 Å². The molecule has 4 rings (SSSR count). The molecule has 202 valence electrons. The second-order valence-corrected chi connectivity index (χ2v) is 10.5. The van der Waals surface area contributed by atoms with Crippen molar-refractivity contribution in [1.29, 1.82) is 0 Å². The minimum atomic E-state index is -1.59. The van der Waals surface area contributed by atoms with Crippen LogP contribution in [0.1, 0.15) is 56.8 Å². The zero-order valence-electron chi connectivity index (χ0n) is 22.6. The van der Waals surface area contributed by atoms with Crippen LogP contribution in [-0.2, 0) is 14.3 Å². The molecule has 38 heavy (non-hydrogen) atoms. The number of para-hydroxylation sites is 1. The second kappa shape index (κ2) is 10.5. The van der Waals surface area contributed by atoms with Gasteiger partial charge in [-0.25, -0.2) is 9.69 Å². The van der Waals surface area contributed by atoms with Crippen LogP contribution in [0.4, 0.5) is 4.79 Å². The lowest BCUT2D eigenvalue weighted by molar-refractivity contribution is -0.145. The fourth-order valence-electron chi connectivity index (χ4n) is 4.52. The minimum absolute atomic E-state index is 0.00115. The van der Waals surface area contributed by atoms with Crippen molar-refractivity contribution in [1.82, 2.24) is 9.80 Å². The summed E-state index contributed by atoms with van der Waals surface area (Å²) >= 11 is 0. The highest BCUT2D eigenvalue weighted by molar-refractivity contribution is 6.06. The van der Waals surface area contributed by atoms with Gasteiger partial charge in [-0.05, 0) is 52.3 Å². The largest absolute Gasteiger partial charge is 0.486 e. The van der Waals surface area contributed by atoms with Crippen LogP contribution >= 0.6 is 0 Å². The number of benzene rings is 2. The molecule has 2 atom stereocenters. The molecule has 9 nitrogen and oxygen atoms in total. The molecule has 0 radical (unpaired) electrons. The van der Waals surface area contributed by atoms with Gasteiger partial charge in [0, 0.05) is 13.7 Å². The molecule has 3 aromatic rings. The predicted molar refractivity (Wildman–Crippen MR) is 141 cm³/mol. The molecule has 0 bridgehead atoms.